The Labute approximate surface area is 160 Å². The first-order valence-electron chi connectivity index (χ1n) is 9.53. The Balaban J connectivity index is 1.83. The number of pyridine rings is 1. The number of hydrogen-bond acceptors (Lipinski definition) is 6. The van der Waals surface area contributed by atoms with Crippen molar-refractivity contribution < 1.29 is 19.7 Å². The molecule has 0 bridgehead atoms. The van der Waals surface area contributed by atoms with E-state index in [1.54, 1.807) is 6.20 Å². The molecule has 2 heterocycles. The normalized spacial score (nSPS) is 22.4. The summed E-state index contributed by atoms with van der Waals surface area (Å²) >= 11 is 0. The molecule has 1 aromatic heterocycles. The molecule has 2 atom stereocenters. The number of nitrogens with zero attached hydrogens (tertiary/aromatic N) is 2. The van der Waals surface area contributed by atoms with E-state index in [2.05, 4.69) is 9.88 Å². The average molecular weight is 372 g/mol. The van der Waals surface area contributed by atoms with Gasteiger partial charge < -0.3 is 24.6 Å². The van der Waals surface area contributed by atoms with E-state index in [1.807, 2.05) is 42.6 Å². The average Bonchev–Trinajstić information content (AvgIpc) is 2.70. The van der Waals surface area contributed by atoms with Crippen molar-refractivity contribution in [2.45, 2.75) is 38.0 Å². The van der Waals surface area contributed by atoms with Crippen LogP contribution in [-0.4, -0.2) is 53.8 Å². The summed E-state index contributed by atoms with van der Waals surface area (Å²) in [5.74, 6) is 0.828. The van der Waals surface area contributed by atoms with E-state index in [9.17, 15) is 10.2 Å². The van der Waals surface area contributed by atoms with Gasteiger partial charge in [-0.25, -0.2) is 0 Å². The summed E-state index contributed by atoms with van der Waals surface area (Å²) in [6.07, 6.45) is 4.04. The van der Waals surface area contributed by atoms with Crippen molar-refractivity contribution in [3.05, 3.63) is 54.4 Å². The Morgan fingerprint density at radius 2 is 1.89 bits per heavy atom. The minimum atomic E-state index is -0.875. The second-order valence-electron chi connectivity index (χ2n) is 6.80. The molecule has 0 aliphatic carbocycles. The molecule has 0 radical (unpaired) electrons. The molecule has 0 fully saturated rings. The highest BCUT2D eigenvalue weighted by Crippen LogP contribution is 2.30. The number of fused-ring (bicyclic) bond motifs is 1. The Kier molecular flexibility index (Phi) is 7.45. The number of aromatic nitrogens is 1. The van der Waals surface area contributed by atoms with Crippen molar-refractivity contribution in [3.63, 3.8) is 0 Å². The van der Waals surface area contributed by atoms with Crippen molar-refractivity contribution in [2.75, 3.05) is 31.3 Å². The number of hydrogen-bond donors (Lipinski definition) is 2. The predicted octanol–water partition coefficient (Wildman–Crippen LogP) is 2.39. The number of rotatable bonds is 2. The fourth-order valence-corrected chi connectivity index (χ4v) is 3.12. The van der Waals surface area contributed by atoms with E-state index in [4.69, 9.17) is 9.47 Å². The quantitative estimate of drug-likeness (QED) is 0.843. The Bertz CT molecular complexity index is 683. The van der Waals surface area contributed by atoms with Gasteiger partial charge in [0.05, 0.1) is 25.0 Å². The van der Waals surface area contributed by atoms with Crippen LogP contribution in [0.15, 0.2) is 48.8 Å². The molecule has 1 aliphatic heterocycles. The van der Waals surface area contributed by atoms with Gasteiger partial charge in [-0.1, -0.05) is 18.2 Å². The minimum Gasteiger partial charge on any atom is -0.491 e. The molecule has 0 unspecified atom stereocenters. The summed E-state index contributed by atoms with van der Waals surface area (Å²) in [4.78, 5) is 6.36. The highest BCUT2D eigenvalue weighted by Gasteiger charge is 2.20. The molecule has 0 spiro atoms. The van der Waals surface area contributed by atoms with Gasteiger partial charge in [-0.15, -0.1) is 0 Å². The Hall–Kier alpha value is -2.15. The zero-order valence-electron chi connectivity index (χ0n) is 15.5. The van der Waals surface area contributed by atoms with Crippen molar-refractivity contribution in [1.29, 1.82) is 0 Å². The van der Waals surface area contributed by atoms with Gasteiger partial charge in [0, 0.05) is 32.1 Å². The summed E-state index contributed by atoms with van der Waals surface area (Å²) in [6, 6.07) is 11.9. The van der Waals surface area contributed by atoms with Crippen molar-refractivity contribution in [2.24, 2.45) is 0 Å². The zero-order chi connectivity index (χ0) is 18.9. The highest BCUT2D eigenvalue weighted by atomic mass is 16.5. The molecule has 0 saturated heterocycles. The smallest absolute Gasteiger partial charge is 0.142 e. The van der Waals surface area contributed by atoms with Gasteiger partial charge in [-0.05, 0) is 43.0 Å². The molecule has 6 heteroatoms. The van der Waals surface area contributed by atoms with E-state index >= 15 is 0 Å². The monoisotopic (exact) mass is 372 g/mol. The molecule has 2 aromatic rings. The first-order chi connectivity index (χ1) is 13.2. The molecule has 2 N–H and O–H groups in total. The van der Waals surface area contributed by atoms with Crippen LogP contribution in [0.2, 0.25) is 0 Å². The Morgan fingerprint density at radius 1 is 1.04 bits per heavy atom. The molecule has 1 aromatic carbocycles. The Morgan fingerprint density at radius 3 is 2.74 bits per heavy atom. The fourth-order valence-electron chi connectivity index (χ4n) is 3.12. The maximum absolute atomic E-state index is 10.3. The first kappa shape index (κ1) is 19.6. The third-order valence-electron chi connectivity index (χ3n) is 4.67. The molecule has 27 heavy (non-hydrogen) atoms. The standard InChI is InChI=1S/C21H28N2O4/c24-19-9-11-23(15-17-6-5-10-22-14-17)18-7-1-2-8-21(18)27-13-4-3-12-26-16-20(19)25/h1-2,5-8,10,14,19-20,24-25H,3-4,9,11-13,15-16H2/t19-,20+/m0/s1. The third kappa shape index (κ3) is 5.92. The fraction of sp³-hybridized carbons (Fsp3) is 0.476. The SMILES string of the molecule is O[C@@H]1COCCCCOc2ccccc2N(Cc2cccnc2)CC[C@@H]1O. The van der Waals surface area contributed by atoms with Crippen LogP contribution in [0.3, 0.4) is 0 Å². The highest BCUT2D eigenvalue weighted by molar-refractivity contribution is 5.58. The number of ether oxygens (including phenoxy) is 2. The lowest BCUT2D eigenvalue weighted by molar-refractivity contribution is -0.0405. The number of benzene rings is 1. The lowest BCUT2D eigenvalue weighted by Gasteiger charge is -2.29. The van der Waals surface area contributed by atoms with Gasteiger partial charge >= 0.3 is 0 Å². The van der Waals surface area contributed by atoms with E-state index in [1.165, 1.54) is 0 Å². The summed E-state index contributed by atoms with van der Waals surface area (Å²) in [5, 5.41) is 20.4. The predicted molar refractivity (Wildman–Crippen MR) is 104 cm³/mol. The van der Waals surface area contributed by atoms with Crippen LogP contribution in [0.25, 0.3) is 0 Å². The molecule has 6 nitrogen and oxygen atoms in total. The number of aliphatic hydroxyl groups excluding tert-OH is 2. The number of para-hydroxylation sites is 2. The molecule has 1 aliphatic rings. The maximum atomic E-state index is 10.3. The van der Waals surface area contributed by atoms with Gasteiger partial charge in [-0.2, -0.15) is 0 Å². The van der Waals surface area contributed by atoms with Crippen LogP contribution in [0.1, 0.15) is 24.8 Å². The first-order valence-corrected chi connectivity index (χ1v) is 9.53. The van der Waals surface area contributed by atoms with E-state index in [0.717, 1.165) is 29.8 Å². The van der Waals surface area contributed by atoms with Crippen LogP contribution < -0.4 is 9.64 Å². The second-order valence-corrected chi connectivity index (χ2v) is 6.80. The largest absolute Gasteiger partial charge is 0.491 e. The van der Waals surface area contributed by atoms with Crippen LogP contribution in [0.5, 0.6) is 5.75 Å². The van der Waals surface area contributed by atoms with Gasteiger partial charge in [0.15, 0.2) is 0 Å². The van der Waals surface area contributed by atoms with Crippen LogP contribution in [0, 0.1) is 0 Å². The molecule has 0 amide bonds. The number of aliphatic hydroxyl groups is 2. The zero-order valence-corrected chi connectivity index (χ0v) is 15.5. The second kappa shape index (κ2) is 10.3. The maximum Gasteiger partial charge on any atom is 0.142 e. The number of anilines is 1. The summed E-state index contributed by atoms with van der Waals surface area (Å²) in [7, 11) is 0. The van der Waals surface area contributed by atoms with Crippen molar-refractivity contribution in [1.82, 2.24) is 4.98 Å². The summed E-state index contributed by atoms with van der Waals surface area (Å²) < 4.78 is 11.5. The van der Waals surface area contributed by atoms with Crippen LogP contribution in [0.4, 0.5) is 5.69 Å². The molecule has 3 rings (SSSR count). The van der Waals surface area contributed by atoms with Gasteiger partial charge in [0.25, 0.3) is 0 Å². The lowest BCUT2D eigenvalue weighted by Crippen LogP contribution is -2.35. The van der Waals surface area contributed by atoms with Crippen LogP contribution >= 0.6 is 0 Å². The lowest BCUT2D eigenvalue weighted by atomic mass is 10.1. The minimum absolute atomic E-state index is 0.154. The molecular formula is C21H28N2O4. The topological polar surface area (TPSA) is 75.0 Å². The van der Waals surface area contributed by atoms with E-state index in [-0.39, 0.29) is 6.61 Å². The van der Waals surface area contributed by atoms with Crippen LogP contribution in [-0.2, 0) is 11.3 Å². The van der Waals surface area contributed by atoms with Gasteiger partial charge in [-0.3, -0.25) is 4.98 Å². The summed E-state index contributed by atoms with van der Waals surface area (Å²) in [6.45, 7) is 2.55. The van der Waals surface area contributed by atoms with Crippen molar-refractivity contribution in [3.8, 4) is 5.75 Å². The van der Waals surface area contributed by atoms with Gasteiger partial charge in [0.1, 0.15) is 11.9 Å². The van der Waals surface area contributed by atoms with E-state index in [0.29, 0.717) is 32.7 Å². The summed E-state index contributed by atoms with van der Waals surface area (Å²) in [5.41, 5.74) is 2.06. The molecule has 0 saturated carbocycles. The van der Waals surface area contributed by atoms with Gasteiger partial charge in [0.2, 0.25) is 0 Å². The molecular weight excluding hydrogens is 344 g/mol. The van der Waals surface area contributed by atoms with E-state index < -0.39 is 12.2 Å². The third-order valence-corrected chi connectivity index (χ3v) is 4.67. The van der Waals surface area contributed by atoms with Crippen molar-refractivity contribution >= 4 is 5.69 Å². The molecule has 146 valence electrons.